The fraction of sp³-hybridized carbons (Fsp3) is 0.316. The second kappa shape index (κ2) is 7.47. The zero-order valence-corrected chi connectivity index (χ0v) is 15.6. The van der Waals surface area contributed by atoms with Crippen molar-refractivity contribution in [3.63, 3.8) is 0 Å². The highest BCUT2D eigenvalue weighted by Crippen LogP contribution is 2.30. The lowest BCUT2D eigenvalue weighted by atomic mass is 10.0. The van der Waals surface area contributed by atoms with E-state index in [4.69, 9.17) is 0 Å². The molecule has 26 heavy (non-hydrogen) atoms. The molecule has 0 bridgehead atoms. The molecule has 0 aliphatic carbocycles. The van der Waals surface area contributed by atoms with E-state index in [2.05, 4.69) is 28.9 Å². The second-order valence-electron chi connectivity index (χ2n) is 6.21. The number of nitrogens with one attached hydrogen (secondary N) is 1. The molecule has 2 heterocycles. The molecule has 6 nitrogen and oxygen atoms in total. The molecular weight excluding hydrogens is 350 g/mol. The number of fused-ring (bicyclic) bond motifs is 1. The van der Waals surface area contributed by atoms with Crippen molar-refractivity contribution in [1.29, 1.82) is 0 Å². The summed E-state index contributed by atoms with van der Waals surface area (Å²) >= 11 is 0. The zero-order chi connectivity index (χ0) is 18.7. The molecule has 1 aliphatic heterocycles. The minimum Gasteiger partial charge on any atom is -0.348 e. The number of carbonyl (C=O) groups excluding carboxylic acids is 1. The van der Waals surface area contributed by atoms with Crippen molar-refractivity contribution in [1.82, 2.24) is 14.2 Å². The Kier molecular flexibility index (Phi) is 5.29. The number of nitrogens with zero attached hydrogens (tertiary/aromatic N) is 2. The molecule has 7 heteroatoms. The van der Waals surface area contributed by atoms with Crippen molar-refractivity contribution < 1.29 is 13.2 Å². The fourth-order valence-electron chi connectivity index (χ4n) is 3.33. The molecule has 0 radical (unpaired) electrons. The van der Waals surface area contributed by atoms with Crippen LogP contribution in [0.3, 0.4) is 0 Å². The minimum absolute atomic E-state index is 0.0314. The van der Waals surface area contributed by atoms with Gasteiger partial charge in [0.25, 0.3) is 5.91 Å². The van der Waals surface area contributed by atoms with Crippen LogP contribution in [0.4, 0.5) is 0 Å². The van der Waals surface area contributed by atoms with E-state index < -0.39 is 10.0 Å². The summed E-state index contributed by atoms with van der Waals surface area (Å²) in [6.45, 7) is 7.13. The number of aromatic nitrogens is 1. The Morgan fingerprint density at radius 1 is 1.27 bits per heavy atom. The summed E-state index contributed by atoms with van der Waals surface area (Å²) in [5, 5.41) is 0. The van der Waals surface area contributed by atoms with Crippen LogP contribution >= 0.6 is 0 Å². The highest BCUT2D eigenvalue weighted by molar-refractivity contribution is 7.89. The van der Waals surface area contributed by atoms with Gasteiger partial charge in [0.05, 0.1) is 10.9 Å². The number of amides is 1. The van der Waals surface area contributed by atoms with Gasteiger partial charge in [0.1, 0.15) is 0 Å². The summed E-state index contributed by atoms with van der Waals surface area (Å²) in [6.07, 6.45) is 4.34. The van der Waals surface area contributed by atoms with Crippen LogP contribution in [0, 0.1) is 0 Å². The van der Waals surface area contributed by atoms with Gasteiger partial charge in [0.2, 0.25) is 10.0 Å². The molecule has 0 spiro atoms. The number of hydrogen-bond donors (Lipinski definition) is 1. The summed E-state index contributed by atoms with van der Waals surface area (Å²) in [5.41, 5.74) is 1.63. The van der Waals surface area contributed by atoms with Gasteiger partial charge in [0.15, 0.2) is 0 Å². The summed E-state index contributed by atoms with van der Waals surface area (Å²) in [4.78, 5) is 15.0. The molecule has 0 saturated carbocycles. The van der Waals surface area contributed by atoms with E-state index in [1.807, 2.05) is 17.2 Å². The first kappa shape index (κ1) is 18.4. The summed E-state index contributed by atoms with van der Waals surface area (Å²) in [5.74, 6) is -0.0766. The maximum absolute atomic E-state index is 13.0. The van der Waals surface area contributed by atoms with Crippen LogP contribution in [-0.2, 0) is 16.6 Å². The fourth-order valence-corrected chi connectivity index (χ4v) is 4.33. The standard InChI is InChI=1S/C19H23N3O3S/c1-3-11-20-26(24,25)16-9-7-15(8-10-16)19(23)22-14-13-21-12-5-6-18(21)17(22)4-2/h3,5-10,12,17,20H,1,4,11,13-14H2,2H3/t17-/m0/s1. The van der Waals surface area contributed by atoms with E-state index in [1.165, 1.54) is 18.2 Å². The number of sulfonamides is 1. The normalized spacial score (nSPS) is 17.0. The zero-order valence-electron chi connectivity index (χ0n) is 14.8. The predicted molar refractivity (Wildman–Crippen MR) is 100 cm³/mol. The van der Waals surface area contributed by atoms with Crippen molar-refractivity contribution in [2.45, 2.75) is 30.8 Å². The van der Waals surface area contributed by atoms with Crippen molar-refractivity contribution >= 4 is 15.9 Å². The molecule has 138 valence electrons. The lowest BCUT2D eigenvalue weighted by Crippen LogP contribution is -2.41. The molecule has 1 atom stereocenters. The van der Waals surface area contributed by atoms with Crippen molar-refractivity contribution in [2.24, 2.45) is 0 Å². The number of rotatable bonds is 6. The largest absolute Gasteiger partial charge is 0.348 e. The second-order valence-corrected chi connectivity index (χ2v) is 7.98. The van der Waals surface area contributed by atoms with Crippen LogP contribution in [0.15, 0.2) is 60.1 Å². The molecule has 1 aromatic heterocycles. The molecule has 1 amide bonds. The first-order chi connectivity index (χ1) is 12.5. The number of hydrogen-bond acceptors (Lipinski definition) is 3. The molecule has 2 aromatic rings. The van der Waals surface area contributed by atoms with E-state index >= 15 is 0 Å². The van der Waals surface area contributed by atoms with E-state index in [1.54, 1.807) is 12.1 Å². The summed E-state index contributed by atoms with van der Waals surface area (Å²) in [6, 6.07) is 10.2. The number of carbonyl (C=O) groups is 1. The van der Waals surface area contributed by atoms with Crippen molar-refractivity contribution in [2.75, 3.05) is 13.1 Å². The van der Waals surface area contributed by atoms with Crippen LogP contribution in [0.2, 0.25) is 0 Å². The molecule has 0 saturated heterocycles. The third kappa shape index (κ3) is 3.45. The summed E-state index contributed by atoms with van der Waals surface area (Å²) in [7, 11) is -3.59. The predicted octanol–water partition coefficient (Wildman–Crippen LogP) is 2.56. The maximum atomic E-state index is 13.0. The molecule has 3 rings (SSSR count). The van der Waals surface area contributed by atoms with Crippen LogP contribution in [0.5, 0.6) is 0 Å². The van der Waals surface area contributed by atoms with Gasteiger partial charge >= 0.3 is 0 Å². The van der Waals surface area contributed by atoms with Gasteiger partial charge in [-0.1, -0.05) is 13.0 Å². The smallest absolute Gasteiger partial charge is 0.254 e. The molecular formula is C19H23N3O3S. The first-order valence-corrected chi connectivity index (χ1v) is 10.1. The van der Waals surface area contributed by atoms with Crippen LogP contribution in [-0.4, -0.2) is 36.9 Å². The molecule has 0 fully saturated rings. The van der Waals surface area contributed by atoms with Gasteiger partial charge in [-0.05, 0) is 42.8 Å². The Balaban J connectivity index is 1.81. The Morgan fingerprint density at radius 3 is 2.65 bits per heavy atom. The highest BCUT2D eigenvalue weighted by atomic mass is 32.2. The van der Waals surface area contributed by atoms with Crippen LogP contribution in [0.25, 0.3) is 0 Å². The first-order valence-electron chi connectivity index (χ1n) is 8.64. The quantitative estimate of drug-likeness (QED) is 0.791. The Labute approximate surface area is 154 Å². The molecule has 1 aliphatic rings. The number of benzene rings is 1. The van der Waals surface area contributed by atoms with Crippen LogP contribution in [0.1, 0.15) is 35.4 Å². The van der Waals surface area contributed by atoms with Crippen LogP contribution < -0.4 is 4.72 Å². The monoisotopic (exact) mass is 373 g/mol. The topological polar surface area (TPSA) is 71.4 Å². The Bertz CT molecular complexity index is 900. The lowest BCUT2D eigenvalue weighted by molar-refractivity contribution is 0.0618. The van der Waals surface area contributed by atoms with Gasteiger partial charge in [-0.2, -0.15) is 0 Å². The van der Waals surface area contributed by atoms with Crippen molar-refractivity contribution in [3.05, 3.63) is 66.5 Å². The van der Waals surface area contributed by atoms with Gasteiger partial charge in [-0.3, -0.25) is 4.79 Å². The third-order valence-corrected chi connectivity index (χ3v) is 6.08. The SMILES string of the molecule is C=CCNS(=O)(=O)c1ccc(C(=O)N2CCn3cccc3[C@@H]2CC)cc1. The highest BCUT2D eigenvalue weighted by Gasteiger charge is 2.30. The molecule has 0 unspecified atom stereocenters. The maximum Gasteiger partial charge on any atom is 0.254 e. The van der Waals surface area contributed by atoms with Crippen molar-refractivity contribution in [3.8, 4) is 0 Å². The summed E-state index contributed by atoms with van der Waals surface area (Å²) < 4.78 is 28.8. The van der Waals surface area contributed by atoms with Gasteiger partial charge < -0.3 is 9.47 Å². The third-order valence-electron chi connectivity index (χ3n) is 4.64. The van der Waals surface area contributed by atoms with E-state index in [9.17, 15) is 13.2 Å². The van der Waals surface area contributed by atoms with E-state index in [0.29, 0.717) is 12.1 Å². The van der Waals surface area contributed by atoms with E-state index in [0.717, 1.165) is 18.7 Å². The lowest BCUT2D eigenvalue weighted by Gasteiger charge is -2.36. The average molecular weight is 373 g/mol. The van der Waals surface area contributed by atoms with Gasteiger partial charge in [-0.25, -0.2) is 13.1 Å². The Hall–Kier alpha value is -2.38. The molecule has 1 aromatic carbocycles. The van der Waals surface area contributed by atoms with Gasteiger partial charge in [0, 0.05) is 37.1 Å². The average Bonchev–Trinajstić information content (AvgIpc) is 3.14. The minimum atomic E-state index is -3.59. The van der Waals surface area contributed by atoms with Gasteiger partial charge in [-0.15, -0.1) is 6.58 Å². The van der Waals surface area contributed by atoms with E-state index in [-0.39, 0.29) is 23.4 Å². The molecule has 1 N–H and O–H groups in total. The Morgan fingerprint density at radius 2 is 2.00 bits per heavy atom.